The molecule has 0 unspecified atom stereocenters. The molecule has 0 spiro atoms. The van der Waals surface area contributed by atoms with Gasteiger partial charge in [-0.05, 0) is 41.2 Å². The minimum atomic E-state index is -0.153. The molecule has 0 amide bonds. The molecule has 0 rings (SSSR count). The third-order valence-electron chi connectivity index (χ3n) is 2.96. The first kappa shape index (κ1) is 11.5. The summed E-state index contributed by atoms with van der Waals surface area (Å²) in [5, 5.41) is 0. The van der Waals surface area contributed by atoms with Crippen molar-refractivity contribution in [2.75, 3.05) is 7.05 Å². The van der Waals surface area contributed by atoms with Gasteiger partial charge in [0.15, 0.2) is 0 Å². The molecule has 0 N–H and O–H groups in total. The number of rotatable bonds is 3. The second kappa shape index (κ2) is 3.49. The van der Waals surface area contributed by atoms with Crippen LogP contribution < -0.4 is 0 Å². The molecule has 70 valence electrons. The molecule has 0 aromatic heterocycles. The number of terminal acetylenes is 1. The summed E-state index contributed by atoms with van der Waals surface area (Å²) < 4.78 is 0. The molecule has 0 aliphatic heterocycles. The highest BCUT2D eigenvalue weighted by molar-refractivity contribution is 5.10. The maximum atomic E-state index is 5.47. The third kappa shape index (κ3) is 2.25. The normalized spacial score (nSPS) is 13.2. The second-order valence-electron chi connectivity index (χ2n) is 4.43. The van der Waals surface area contributed by atoms with Gasteiger partial charge in [0, 0.05) is 5.54 Å². The Balaban J connectivity index is 4.62. The van der Waals surface area contributed by atoms with E-state index >= 15 is 0 Å². The molecule has 0 aliphatic rings. The van der Waals surface area contributed by atoms with Crippen LogP contribution in [0.25, 0.3) is 0 Å². The first-order valence-corrected chi connectivity index (χ1v) is 4.49. The Hall–Kier alpha value is -0.480. The maximum Gasteiger partial charge on any atom is 0.0767 e. The Morgan fingerprint density at radius 3 is 1.92 bits per heavy atom. The standard InChI is InChI=1S/C11H21N/c1-8-10(3,4)12(7)11(5,6)9-2/h1H,9H2,2-7H3. The molecule has 0 saturated carbocycles. The topological polar surface area (TPSA) is 3.24 Å². The van der Waals surface area contributed by atoms with Gasteiger partial charge in [-0.3, -0.25) is 4.90 Å². The van der Waals surface area contributed by atoms with Gasteiger partial charge in [-0.15, -0.1) is 6.42 Å². The van der Waals surface area contributed by atoms with Gasteiger partial charge in [-0.1, -0.05) is 12.8 Å². The predicted molar refractivity (Wildman–Crippen MR) is 55.0 cm³/mol. The first-order chi connectivity index (χ1) is 5.28. The van der Waals surface area contributed by atoms with E-state index in [9.17, 15) is 0 Å². The largest absolute Gasteiger partial charge is 0.286 e. The van der Waals surface area contributed by atoms with Crippen molar-refractivity contribution in [2.24, 2.45) is 0 Å². The zero-order valence-corrected chi connectivity index (χ0v) is 9.23. The smallest absolute Gasteiger partial charge is 0.0767 e. The van der Waals surface area contributed by atoms with Gasteiger partial charge in [0.1, 0.15) is 0 Å². The quantitative estimate of drug-likeness (QED) is 0.584. The highest BCUT2D eigenvalue weighted by Gasteiger charge is 2.31. The van der Waals surface area contributed by atoms with Crippen molar-refractivity contribution in [3.8, 4) is 12.3 Å². The van der Waals surface area contributed by atoms with Crippen molar-refractivity contribution in [3.05, 3.63) is 0 Å². The number of hydrogen-bond acceptors (Lipinski definition) is 1. The Bertz CT molecular complexity index is 184. The summed E-state index contributed by atoms with van der Waals surface area (Å²) in [4.78, 5) is 2.25. The number of hydrogen-bond donors (Lipinski definition) is 0. The highest BCUT2D eigenvalue weighted by atomic mass is 15.2. The fourth-order valence-corrected chi connectivity index (χ4v) is 1.09. The van der Waals surface area contributed by atoms with Crippen molar-refractivity contribution < 1.29 is 0 Å². The minimum absolute atomic E-state index is 0.153. The van der Waals surface area contributed by atoms with Crippen LogP contribution in [0.1, 0.15) is 41.0 Å². The molecule has 0 aromatic carbocycles. The van der Waals surface area contributed by atoms with Crippen LogP contribution in [-0.4, -0.2) is 23.0 Å². The lowest BCUT2D eigenvalue weighted by molar-refractivity contribution is 0.0776. The van der Waals surface area contributed by atoms with Crippen LogP contribution in [0.15, 0.2) is 0 Å². The van der Waals surface area contributed by atoms with Gasteiger partial charge < -0.3 is 0 Å². The molecule has 0 saturated heterocycles. The zero-order chi connectivity index (χ0) is 9.99. The molecule has 0 aliphatic carbocycles. The lowest BCUT2D eigenvalue weighted by Crippen LogP contribution is -2.52. The molecule has 0 fully saturated rings. The Labute approximate surface area is 77.1 Å². The SMILES string of the molecule is C#CC(C)(C)N(C)C(C)(C)CC. The summed E-state index contributed by atoms with van der Waals surface area (Å²) in [6.45, 7) is 10.8. The van der Waals surface area contributed by atoms with E-state index in [0.29, 0.717) is 0 Å². The van der Waals surface area contributed by atoms with Crippen molar-refractivity contribution in [1.82, 2.24) is 4.90 Å². The lowest BCUT2D eigenvalue weighted by Gasteiger charge is -2.43. The summed E-state index contributed by atoms with van der Waals surface area (Å²) in [6.07, 6.45) is 6.57. The van der Waals surface area contributed by atoms with Crippen LogP contribution >= 0.6 is 0 Å². The molecule has 0 atom stereocenters. The lowest BCUT2D eigenvalue weighted by atomic mass is 9.92. The van der Waals surface area contributed by atoms with E-state index in [4.69, 9.17) is 6.42 Å². The fourth-order valence-electron chi connectivity index (χ4n) is 1.09. The first-order valence-electron chi connectivity index (χ1n) is 4.49. The molecule has 1 nitrogen and oxygen atoms in total. The molecule has 0 heterocycles. The van der Waals surface area contributed by atoms with Crippen LogP contribution in [0.5, 0.6) is 0 Å². The van der Waals surface area contributed by atoms with Gasteiger partial charge in [0.05, 0.1) is 5.54 Å². The van der Waals surface area contributed by atoms with Crippen LogP contribution in [0.3, 0.4) is 0 Å². The minimum Gasteiger partial charge on any atom is -0.286 e. The van der Waals surface area contributed by atoms with Crippen LogP contribution in [0, 0.1) is 12.3 Å². The van der Waals surface area contributed by atoms with E-state index in [1.807, 2.05) is 0 Å². The summed E-state index contributed by atoms with van der Waals surface area (Å²) in [6, 6.07) is 0. The van der Waals surface area contributed by atoms with Crippen molar-refractivity contribution in [1.29, 1.82) is 0 Å². The van der Waals surface area contributed by atoms with Gasteiger partial charge in [-0.25, -0.2) is 0 Å². The Morgan fingerprint density at radius 2 is 1.67 bits per heavy atom. The van der Waals surface area contributed by atoms with Crippen LogP contribution in [0.2, 0.25) is 0 Å². The summed E-state index contributed by atoms with van der Waals surface area (Å²) in [5.41, 5.74) is 0.0232. The van der Waals surface area contributed by atoms with E-state index in [1.54, 1.807) is 0 Å². The van der Waals surface area contributed by atoms with Crippen molar-refractivity contribution >= 4 is 0 Å². The van der Waals surface area contributed by atoms with Gasteiger partial charge >= 0.3 is 0 Å². The van der Waals surface area contributed by atoms with Crippen LogP contribution in [-0.2, 0) is 0 Å². The molecule has 1 heteroatoms. The van der Waals surface area contributed by atoms with Gasteiger partial charge in [-0.2, -0.15) is 0 Å². The van der Waals surface area contributed by atoms with E-state index < -0.39 is 0 Å². The summed E-state index contributed by atoms with van der Waals surface area (Å²) >= 11 is 0. The molecule has 0 bridgehead atoms. The van der Waals surface area contributed by atoms with E-state index in [1.165, 1.54) is 0 Å². The van der Waals surface area contributed by atoms with Crippen molar-refractivity contribution in [2.45, 2.75) is 52.1 Å². The molecule has 0 aromatic rings. The molecule has 0 radical (unpaired) electrons. The second-order valence-corrected chi connectivity index (χ2v) is 4.43. The van der Waals surface area contributed by atoms with E-state index in [-0.39, 0.29) is 11.1 Å². The Morgan fingerprint density at radius 1 is 1.25 bits per heavy atom. The summed E-state index contributed by atoms with van der Waals surface area (Å²) in [7, 11) is 2.09. The monoisotopic (exact) mass is 167 g/mol. The highest BCUT2D eigenvalue weighted by Crippen LogP contribution is 2.24. The third-order valence-corrected chi connectivity index (χ3v) is 2.96. The summed E-state index contributed by atoms with van der Waals surface area (Å²) in [5.74, 6) is 2.81. The average Bonchev–Trinajstić information content (AvgIpc) is 2.03. The molecule has 12 heavy (non-hydrogen) atoms. The van der Waals surface area contributed by atoms with Crippen molar-refractivity contribution in [3.63, 3.8) is 0 Å². The maximum absolute atomic E-state index is 5.47. The van der Waals surface area contributed by atoms with E-state index in [2.05, 4.69) is 52.5 Å². The molecular weight excluding hydrogens is 146 g/mol. The number of nitrogens with zero attached hydrogens (tertiary/aromatic N) is 1. The average molecular weight is 167 g/mol. The zero-order valence-electron chi connectivity index (χ0n) is 9.23. The Kier molecular flexibility index (Phi) is 3.35. The predicted octanol–water partition coefficient (Wildman–Crippen LogP) is 2.52. The fraction of sp³-hybridized carbons (Fsp3) is 0.818. The molecular formula is C11H21N. The van der Waals surface area contributed by atoms with Crippen LogP contribution in [0.4, 0.5) is 0 Å². The van der Waals surface area contributed by atoms with Gasteiger partial charge in [0.2, 0.25) is 0 Å². The van der Waals surface area contributed by atoms with Gasteiger partial charge in [0.25, 0.3) is 0 Å². The van der Waals surface area contributed by atoms with E-state index in [0.717, 1.165) is 6.42 Å².